The van der Waals surface area contributed by atoms with Crippen molar-refractivity contribution in [2.24, 2.45) is 0 Å². The maximum Gasteiger partial charge on any atom is 0.239 e. The molecule has 1 saturated carbocycles. The van der Waals surface area contributed by atoms with Gasteiger partial charge in [0.05, 0.1) is 6.54 Å². The van der Waals surface area contributed by atoms with Crippen molar-refractivity contribution >= 4 is 23.4 Å². The van der Waals surface area contributed by atoms with Crippen LogP contribution in [0.3, 0.4) is 0 Å². The van der Waals surface area contributed by atoms with Crippen LogP contribution in [-0.4, -0.2) is 24.7 Å². The molecule has 1 aliphatic rings. The summed E-state index contributed by atoms with van der Waals surface area (Å²) >= 11 is 1.70. The lowest BCUT2D eigenvalue weighted by molar-refractivity contribution is -0.119. The third-order valence-electron chi connectivity index (χ3n) is 2.47. The number of amides is 1. The number of rotatable bonds is 5. The van der Waals surface area contributed by atoms with Crippen LogP contribution in [0.1, 0.15) is 12.8 Å². The number of carbonyl (C=O) groups excluding carboxylic acids is 1. The average Bonchev–Trinajstić information content (AvgIpc) is 3.10. The summed E-state index contributed by atoms with van der Waals surface area (Å²) in [5.41, 5.74) is 0.998. The van der Waals surface area contributed by atoms with Gasteiger partial charge in [0, 0.05) is 16.6 Å². The Balaban J connectivity index is 1.80. The van der Waals surface area contributed by atoms with Crippen molar-refractivity contribution in [3.8, 4) is 0 Å². The summed E-state index contributed by atoms with van der Waals surface area (Å²) in [6.45, 7) is 0.355. The minimum Gasteiger partial charge on any atom is -0.376 e. The second kappa shape index (κ2) is 5.25. The van der Waals surface area contributed by atoms with Crippen molar-refractivity contribution in [2.45, 2.75) is 23.8 Å². The van der Waals surface area contributed by atoms with Gasteiger partial charge in [0.1, 0.15) is 0 Å². The van der Waals surface area contributed by atoms with Crippen LogP contribution < -0.4 is 10.6 Å². The number of nitrogens with one attached hydrogen (secondary N) is 2. The Bertz CT molecular complexity index is 377. The van der Waals surface area contributed by atoms with Crippen molar-refractivity contribution in [2.75, 3.05) is 18.1 Å². The third-order valence-corrected chi connectivity index (χ3v) is 3.19. The van der Waals surface area contributed by atoms with Gasteiger partial charge in [-0.05, 0) is 37.3 Å². The molecule has 0 atom stereocenters. The molecule has 0 saturated heterocycles. The van der Waals surface area contributed by atoms with E-state index in [0.717, 1.165) is 18.5 Å². The Hall–Kier alpha value is -1.16. The lowest BCUT2D eigenvalue weighted by Crippen LogP contribution is -2.31. The lowest BCUT2D eigenvalue weighted by Gasteiger charge is -2.07. The number of hydrogen-bond donors (Lipinski definition) is 2. The van der Waals surface area contributed by atoms with Gasteiger partial charge in [-0.25, -0.2) is 0 Å². The molecule has 3 nitrogen and oxygen atoms in total. The van der Waals surface area contributed by atoms with Crippen molar-refractivity contribution in [1.29, 1.82) is 0 Å². The van der Waals surface area contributed by atoms with Crippen molar-refractivity contribution < 1.29 is 4.79 Å². The van der Waals surface area contributed by atoms with Gasteiger partial charge >= 0.3 is 0 Å². The van der Waals surface area contributed by atoms with E-state index in [2.05, 4.69) is 22.8 Å². The van der Waals surface area contributed by atoms with Crippen LogP contribution >= 0.6 is 11.8 Å². The lowest BCUT2D eigenvalue weighted by atomic mass is 10.3. The molecule has 0 aliphatic heterocycles. The minimum absolute atomic E-state index is 0.0806. The van der Waals surface area contributed by atoms with E-state index < -0.39 is 0 Å². The van der Waals surface area contributed by atoms with Crippen LogP contribution in [-0.2, 0) is 4.79 Å². The maximum atomic E-state index is 11.4. The molecule has 0 heterocycles. The zero-order valence-corrected chi connectivity index (χ0v) is 10.1. The quantitative estimate of drug-likeness (QED) is 0.769. The fourth-order valence-electron chi connectivity index (χ4n) is 1.42. The predicted molar refractivity (Wildman–Crippen MR) is 67.9 cm³/mol. The van der Waals surface area contributed by atoms with E-state index in [4.69, 9.17) is 0 Å². The highest BCUT2D eigenvalue weighted by Crippen LogP contribution is 2.19. The normalized spacial score (nSPS) is 14.6. The van der Waals surface area contributed by atoms with Gasteiger partial charge in [-0.15, -0.1) is 11.8 Å². The van der Waals surface area contributed by atoms with Crippen LogP contribution in [0.2, 0.25) is 0 Å². The summed E-state index contributed by atoms with van der Waals surface area (Å²) in [4.78, 5) is 12.6. The fourth-order valence-corrected chi connectivity index (χ4v) is 1.88. The highest BCUT2D eigenvalue weighted by molar-refractivity contribution is 7.98. The van der Waals surface area contributed by atoms with E-state index in [1.807, 2.05) is 18.4 Å². The first kappa shape index (κ1) is 11.3. The van der Waals surface area contributed by atoms with E-state index in [1.54, 1.807) is 11.8 Å². The monoisotopic (exact) mass is 236 g/mol. The molecule has 1 aromatic carbocycles. The van der Waals surface area contributed by atoms with E-state index in [9.17, 15) is 4.79 Å². The first-order chi connectivity index (χ1) is 7.78. The van der Waals surface area contributed by atoms with Gasteiger partial charge in [0.15, 0.2) is 0 Å². The van der Waals surface area contributed by atoms with E-state index in [0.29, 0.717) is 12.6 Å². The number of benzene rings is 1. The maximum absolute atomic E-state index is 11.4. The van der Waals surface area contributed by atoms with Gasteiger partial charge in [-0.1, -0.05) is 6.07 Å². The molecule has 0 spiro atoms. The molecule has 1 fully saturated rings. The summed E-state index contributed by atoms with van der Waals surface area (Å²) in [7, 11) is 0. The zero-order valence-electron chi connectivity index (χ0n) is 9.32. The van der Waals surface area contributed by atoms with Crippen molar-refractivity contribution in [3.63, 3.8) is 0 Å². The van der Waals surface area contributed by atoms with Crippen molar-refractivity contribution in [3.05, 3.63) is 24.3 Å². The molecular weight excluding hydrogens is 220 g/mol. The molecule has 0 radical (unpaired) electrons. The summed E-state index contributed by atoms with van der Waals surface area (Å²) < 4.78 is 0. The summed E-state index contributed by atoms with van der Waals surface area (Å²) in [5.74, 6) is 0.0806. The molecular formula is C12H16N2OS. The Kier molecular flexibility index (Phi) is 3.72. The first-order valence-corrected chi connectivity index (χ1v) is 6.67. The molecule has 86 valence electrons. The highest BCUT2D eigenvalue weighted by atomic mass is 32.2. The first-order valence-electron chi connectivity index (χ1n) is 5.45. The van der Waals surface area contributed by atoms with E-state index in [1.165, 1.54) is 4.90 Å². The molecule has 0 unspecified atom stereocenters. The largest absolute Gasteiger partial charge is 0.376 e. The Morgan fingerprint density at radius 3 is 3.00 bits per heavy atom. The fraction of sp³-hybridized carbons (Fsp3) is 0.417. The van der Waals surface area contributed by atoms with Crippen LogP contribution in [0, 0.1) is 0 Å². The van der Waals surface area contributed by atoms with Gasteiger partial charge in [0.25, 0.3) is 0 Å². The molecule has 0 bridgehead atoms. The van der Waals surface area contributed by atoms with E-state index >= 15 is 0 Å². The topological polar surface area (TPSA) is 41.1 Å². The summed E-state index contributed by atoms with van der Waals surface area (Å²) in [5, 5.41) is 6.07. The second-order valence-electron chi connectivity index (χ2n) is 3.93. The number of thioether (sulfide) groups is 1. The molecule has 2 N–H and O–H groups in total. The standard InChI is InChI=1S/C12H16N2OS/c1-16-11-4-2-3-10(7-11)13-8-12(15)14-9-5-6-9/h2-4,7,9,13H,5-6,8H2,1H3,(H,14,15). The Morgan fingerprint density at radius 2 is 2.31 bits per heavy atom. The summed E-state index contributed by atoms with van der Waals surface area (Å²) in [6.07, 6.45) is 4.31. The number of anilines is 1. The van der Waals surface area contributed by atoms with Gasteiger partial charge < -0.3 is 10.6 Å². The molecule has 16 heavy (non-hydrogen) atoms. The van der Waals surface area contributed by atoms with Crippen LogP contribution in [0.4, 0.5) is 5.69 Å². The van der Waals surface area contributed by atoms with Crippen LogP contribution in [0.5, 0.6) is 0 Å². The number of hydrogen-bond acceptors (Lipinski definition) is 3. The minimum atomic E-state index is 0.0806. The molecule has 0 aromatic heterocycles. The third kappa shape index (κ3) is 3.45. The van der Waals surface area contributed by atoms with E-state index in [-0.39, 0.29) is 5.91 Å². The molecule has 2 rings (SSSR count). The van der Waals surface area contributed by atoms with Gasteiger partial charge in [0.2, 0.25) is 5.91 Å². The Morgan fingerprint density at radius 1 is 1.50 bits per heavy atom. The zero-order chi connectivity index (χ0) is 11.4. The molecule has 1 amide bonds. The van der Waals surface area contributed by atoms with Gasteiger partial charge in [-0.3, -0.25) is 4.79 Å². The second-order valence-corrected chi connectivity index (χ2v) is 4.81. The molecule has 4 heteroatoms. The smallest absolute Gasteiger partial charge is 0.239 e. The van der Waals surface area contributed by atoms with Gasteiger partial charge in [-0.2, -0.15) is 0 Å². The van der Waals surface area contributed by atoms with Crippen molar-refractivity contribution in [1.82, 2.24) is 5.32 Å². The van der Waals surface area contributed by atoms with Crippen LogP contribution in [0.15, 0.2) is 29.2 Å². The average molecular weight is 236 g/mol. The predicted octanol–water partition coefficient (Wildman–Crippen LogP) is 2.10. The highest BCUT2D eigenvalue weighted by Gasteiger charge is 2.22. The molecule has 1 aromatic rings. The SMILES string of the molecule is CSc1cccc(NCC(=O)NC2CC2)c1. The Labute approximate surface area is 100.0 Å². The number of carbonyl (C=O) groups is 1. The summed E-state index contributed by atoms with van der Waals surface area (Å²) in [6, 6.07) is 8.51. The molecule has 1 aliphatic carbocycles. The van der Waals surface area contributed by atoms with Crippen LogP contribution in [0.25, 0.3) is 0 Å².